The average molecular weight is 413 g/mol. The van der Waals surface area contributed by atoms with Crippen LogP contribution in [0.25, 0.3) is 0 Å². The van der Waals surface area contributed by atoms with Crippen LogP contribution in [0.5, 0.6) is 0 Å². The first-order chi connectivity index (χ1) is 12.7. The van der Waals surface area contributed by atoms with E-state index in [0.29, 0.717) is 19.0 Å². The van der Waals surface area contributed by atoms with Gasteiger partial charge in [-0.15, -0.1) is 3.98 Å². The molecule has 0 bridgehead atoms. The number of sulfonamides is 1. The zero-order valence-corrected chi connectivity index (χ0v) is 19.3. The Bertz CT molecular complexity index is 742. The van der Waals surface area contributed by atoms with Gasteiger partial charge in [-0.3, -0.25) is 0 Å². The highest BCUT2D eigenvalue weighted by Gasteiger charge is 2.32. The molecule has 0 fully saturated rings. The molecule has 0 N–H and O–H groups in total. The monoisotopic (exact) mass is 412 g/mol. The van der Waals surface area contributed by atoms with Crippen LogP contribution in [0.15, 0.2) is 41.2 Å². The van der Waals surface area contributed by atoms with Gasteiger partial charge in [0.15, 0.2) is 13.3 Å². The summed E-state index contributed by atoms with van der Waals surface area (Å²) in [4.78, 5) is 0.284. The Morgan fingerprint density at radius 2 is 1.63 bits per heavy atom. The largest absolute Gasteiger partial charge is 0.519 e. The van der Waals surface area contributed by atoms with Gasteiger partial charge in [-0.25, -0.2) is 0 Å². The molecule has 0 amide bonds. The Morgan fingerprint density at radius 3 is 2.11 bits per heavy atom. The van der Waals surface area contributed by atoms with Crippen molar-refractivity contribution in [1.82, 2.24) is 0 Å². The molecule has 0 aliphatic carbocycles. The summed E-state index contributed by atoms with van der Waals surface area (Å²) in [6.45, 7) is 10.9. The van der Waals surface area contributed by atoms with Crippen molar-refractivity contribution < 1.29 is 21.6 Å². The third kappa shape index (κ3) is 6.50. The van der Waals surface area contributed by atoms with Crippen molar-refractivity contribution in [3.63, 3.8) is 0 Å². The number of rotatable bonds is 11. The van der Waals surface area contributed by atoms with Gasteiger partial charge in [0.25, 0.3) is 14.3 Å². The molecule has 0 unspecified atom stereocenters. The number of aryl methyl sites for hydroxylation is 1. The highest BCUT2D eigenvalue weighted by molar-refractivity contribution is 7.85. The maximum atomic E-state index is 12.6. The Hall–Kier alpha value is -1.60. The fourth-order valence-electron chi connectivity index (χ4n) is 2.72. The molecule has 0 spiro atoms. The van der Waals surface area contributed by atoms with Crippen molar-refractivity contribution >= 4 is 24.6 Å². The molecule has 1 aromatic carbocycles. The number of ether oxygens (including phenoxy) is 1. The predicted molar refractivity (Wildman–Crippen MR) is 113 cm³/mol. The van der Waals surface area contributed by atoms with E-state index in [9.17, 15) is 8.42 Å². The zero-order chi connectivity index (χ0) is 20.5. The molecular formula is C20H34NO4SSi+. The lowest BCUT2D eigenvalue weighted by atomic mass is 10.2. The normalized spacial score (nSPS) is 13.6. The fraction of sp³-hybridized carbons (Fsp3) is 0.550. The molecule has 0 saturated heterocycles. The summed E-state index contributed by atoms with van der Waals surface area (Å²) in [5.41, 5.74) is 1.03. The van der Waals surface area contributed by atoms with E-state index in [1.807, 2.05) is 19.9 Å². The molecule has 27 heavy (non-hydrogen) atoms. The fourth-order valence-corrected chi connectivity index (χ4v) is 6.32. The second-order valence-electron chi connectivity index (χ2n) is 6.55. The van der Waals surface area contributed by atoms with Crippen LogP contribution in [-0.2, 0) is 19.2 Å². The maximum absolute atomic E-state index is 12.6. The molecule has 152 valence electrons. The van der Waals surface area contributed by atoms with E-state index < -0.39 is 18.3 Å². The number of hydrogen-bond acceptors (Lipinski definition) is 4. The standard InChI is InChI=1S/C20H34NO4SSi/c1-7-24-20(25-27(8-2,9-3)10-4)12-11-17-21(6)26(22,23)19-15-13-18(5)14-16-19/h12-17H,7-11H2,1-6H3/q+1/b20-12-,21-17-. The molecule has 0 aliphatic rings. The SMILES string of the molecule is CCO/C(=C/C/C=[N+](/C)S(=O)(=O)c1ccc(C)cc1)O[Si](CC)(CC)CC. The minimum absolute atomic E-state index is 0.284. The summed E-state index contributed by atoms with van der Waals surface area (Å²) in [6, 6.07) is 9.92. The van der Waals surface area contributed by atoms with E-state index in [4.69, 9.17) is 9.16 Å². The summed E-state index contributed by atoms with van der Waals surface area (Å²) in [5.74, 6) is 0.520. The Morgan fingerprint density at radius 1 is 1.07 bits per heavy atom. The maximum Gasteiger partial charge on any atom is 0.394 e. The van der Waals surface area contributed by atoms with Gasteiger partial charge < -0.3 is 9.16 Å². The Kier molecular flexibility index (Phi) is 9.25. The lowest BCUT2D eigenvalue weighted by molar-refractivity contribution is -0.322. The number of hydrogen-bond donors (Lipinski definition) is 0. The summed E-state index contributed by atoms with van der Waals surface area (Å²) in [6.07, 6.45) is 3.87. The predicted octanol–water partition coefficient (Wildman–Crippen LogP) is 4.69. The van der Waals surface area contributed by atoms with Gasteiger partial charge in [-0.05, 0) is 44.1 Å². The molecule has 1 aromatic rings. The van der Waals surface area contributed by atoms with Crippen LogP contribution in [0.2, 0.25) is 18.1 Å². The van der Waals surface area contributed by atoms with E-state index in [2.05, 4.69) is 20.8 Å². The van der Waals surface area contributed by atoms with Crippen LogP contribution < -0.4 is 0 Å². The first-order valence-corrected chi connectivity index (χ1v) is 13.6. The van der Waals surface area contributed by atoms with Crippen LogP contribution in [0.1, 0.15) is 39.7 Å². The molecule has 0 aliphatic heterocycles. The van der Waals surface area contributed by atoms with Crippen LogP contribution in [-0.4, -0.2) is 40.6 Å². The van der Waals surface area contributed by atoms with Gasteiger partial charge in [-0.1, -0.05) is 38.5 Å². The van der Waals surface area contributed by atoms with E-state index in [0.717, 1.165) is 23.7 Å². The van der Waals surface area contributed by atoms with Gasteiger partial charge in [-0.2, -0.15) is 8.42 Å². The summed E-state index contributed by atoms with van der Waals surface area (Å²) in [7, 11) is -3.82. The van der Waals surface area contributed by atoms with Crippen molar-refractivity contribution in [2.75, 3.05) is 13.7 Å². The van der Waals surface area contributed by atoms with Crippen molar-refractivity contribution in [3.8, 4) is 0 Å². The van der Waals surface area contributed by atoms with Crippen LogP contribution in [0, 0.1) is 6.92 Å². The quantitative estimate of drug-likeness (QED) is 0.229. The first-order valence-electron chi connectivity index (χ1n) is 9.64. The molecule has 7 heteroatoms. The average Bonchev–Trinajstić information content (AvgIpc) is 2.66. The number of allylic oxidation sites excluding steroid dienone is 1. The first kappa shape index (κ1) is 23.4. The van der Waals surface area contributed by atoms with Crippen molar-refractivity contribution in [2.24, 2.45) is 0 Å². The second kappa shape index (κ2) is 10.7. The van der Waals surface area contributed by atoms with Crippen LogP contribution >= 0.6 is 0 Å². The Balaban J connectivity index is 2.97. The molecule has 0 atom stereocenters. The molecule has 1 rings (SSSR count). The molecule has 0 aromatic heterocycles. The van der Waals surface area contributed by atoms with Crippen molar-refractivity contribution in [1.29, 1.82) is 0 Å². The topological polar surface area (TPSA) is 55.6 Å². The van der Waals surface area contributed by atoms with E-state index in [1.165, 1.54) is 3.98 Å². The highest BCUT2D eigenvalue weighted by Crippen LogP contribution is 2.25. The lowest BCUT2D eigenvalue weighted by Gasteiger charge is -2.29. The lowest BCUT2D eigenvalue weighted by Crippen LogP contribution is -2.35. The van der Waals surface area contributed by atoms with Gasteiger partial charge in [0.1, 0.15) is 4.90 Å². The van der Waals surface area contributed by atoms with Crippen LogP contribution in [0.4, 0.5) is 0 Å². The second-order valence-corrected chi connectivity index (χ2v) is 13.2. The highest BCUT2D eigenvalue weighted by atomic mass is 32.2. The van der Waals surface area contributed by atoms with Gasteiger partial charge in [0.2, 0.25) is 0 Å². The molecule has 0 heterocycles. The van der Waals surface area contributed by atoms with Gasteiger partial charge in [0, 0.05) is 6.08 Å². The number of nitrogens with zero attached hydrogens (tertiary/aromatic N) is 1. The molecule has 5 nitrogen and oxygen atoms in total. The zero-order valence-electron chi connectivity index (χ0n) is 17.5. The van der Waals surface area contributed by atoms with Crippen molar-refractivity contribution in [2.45, 2.75) is 64.1 Å². The van der Waals surface area contributed by atoms with E-state index >= 15 is 0 Å². The minimum atomic E-state index is -3.54. The third-order valence-electron chi connectivity index (χ3n) is 4.88. The molecule has 0 radical (unpaired) electrons. The van der Waals surface area contributed by atoms with Gasteiger partial charge >= 0.3 is 10.0 Å². The molecular weight excluding hydrogens is 378 g/mol. The summed E-state index contributed by atoms with van der Waals surface area (Å²) < 4.78 is 38.4. The smallest absolute Gasteiger partial charge is 0.394 e. The van der Waals surface area contributed by atoms with Gasteiger partial charge in [0.05, 0.1) is 13.0 Å². The van der Waals surface area contributed by atoms with Crippen LogP contribution in [0.3, 0.4) is 0 Å². The summed E-state index contributed by atoms with van der Waals surface area (Å²) >= 11 is 0. The minimum Gasteiger partial charge on any atom is -0.519 e. The third-order valence-corrected chi connectivity index (χ3v) is 11.2. The van der Waals surface area contributed by atoms with E-state index in [1.54, 1.807) is 37.5 Å². The Labute approximate surface area is 165 Å². The number of benzene rings is 1. The molecule has 0 saturated carbocycles. The van der Waals surface area contributed by atoms with Crippen molar-refractivity contribution in [3.05, 3.63) is 41.9 Å². The van der Waals surface area contributed by atoms with E-state index in [-0.39, 0.29) is 4.90 Å². The summed E-state index contributed by atoms with van der Waals surface area (Å²) in [5, 5.41) is 0.